The summed E-state index contributed by atoms with van der Waals surface area (Å²) in [6.07, 6.45) is 4.17. The molecule has 2 atom stereocenters. The second-order valence-electron chi connectivity index (χ2n) is 4.37. The van der Waals surface area contributed by atoms with Gasteiger partial charge in [0.2, 0.25) is 0 Å². The van der Waals surface area contributed by atoms with Crippen molar-refractivity contribution >= 4 is 0 Å². The smallest absolute Gasteiger partial charge is 0.111 e. The van der Waals surface area contributed by atoms with Gasteiger partial charge in [0.05, 0.1) is 0 Å². The van der Waals surface area contributed by atoms with E-state index in [2.05, 4.69) is 13.8 Å². The Bertz CT molecular complexity index is 127. The van der Waals surface area contributed by atoms with Crippen molar-refractivity contribution in [1.29, 1.82) is 0 Å². The lowest BCUT2D eigenvalue weighted by molar-refractivity contribution is 0.0295. The summed E-state index contributed by atoms with van der Waals surface area (Å²) in [6.45, 7) is 6.04. The fourth-order valence-corrected chi connectivity index (χ4v) is 2.35. The maximum absolute atomic E-state index is 13.8. The summed E-state index contributed by atoms with van der Waals surface area (Å²) in [7, 11) is 0. The van der Waals surface area contributed by atoms with Crippen LogP contribution in [0.25, 0.3) is 0 Å². The van der Waals surface area contributed by atoms with E-state index in [-0.39, 0.29) is 0 Å². The molecule has 0 radical (unpaired) electrons. The molecule has 11 heavy (non-hydrogen) atoms. The Balaban J connectivity index is 2.60. The van der Waals surface area contributed by atoms with E-state index in [4.69, 9.17) is 0 Å². The molecule has 0 aliphatic heterocycles. The first-order chi connectivity index (χ1) is 5.04. The molecular weight excluding hydrogens is 139 g/mol. The zero-order valence-corrected chi connectivity index (χ0v) is 7.86. The van der Waals surface area contributed by atoms with Crippen molar-refractivity contribution in [1.82, 2.24) is 0 Å². The zero-order chi connectivity index (χ0) is 8.48. The maximum atomic E-state index is 13.8. The van der Waals surface area contributed by atoms with Crippen LogP contribution in [-0.4, -0.2) is 5.67 Å². The first kappa shape index (κ1) is 9.02. The number of halogens is 1. The van der Waals surface area contributed by atoms with Crippen LogP contribution in [0.3, 0.4) is 0 Å². The Kier molecular flexibility index (Phi) is 2.56. The van der Waals surface area contributed by atoms with Gasteiger partial charge in [-0.3, -0.25) is 0 Å². The average molecular weight is 158 g/mol. The van der Waals surface area contributed by atoms with Gasteiger partial charge in [0.25, 0.3) is 0 Å². The summed E-state index contributed by atoms with van der Waals surface area (Å²) in [5, 5.41) is 0. The molecule has 0 spiro atoms. The van der Waals surface area contributed by atoms with Gasteiger partial charge in [-0.15, -0.1) is 0 Å². The Morgan fingerprint density at radius 3 is 2.36 bits per heavy atom. The van der Waals surface area contributed by atoms with Gasteiger partial charge in [-0.05, 0) is 31.6 Å². The lowest BCUT2D eigenvalue weighted by atomic mass is 9.72. The second kappa shape index (κ2) is 3.12. The van der Waals surface area contributed by atoms with E-state index in [0.29, 0.717) is 11.8 Å². The third kappa shape index (κ3) is 1.94. The highest BCUT2D eigenvalue weighted by Crippen LogP contribution is 2.40. The fraction of sp³-hybridized carbons (Fsp3) is 1.00. The monoisotopic (exact) mass is 158 g/mol. The lowest BCUT2D eigenvalue weighted by Gasteiger charge is -2.37. The maximum Gasteiger partial charge on any atom is 0.111 e. The summed E-state index contributed by atoms with van der Waals surface area (Å²) in [4.78, 5) is 0. The van der Waals surface area contributed by atoms with E-state index in [9.17, 15) is 4.39 Å². The van der Waals surface area contributed by atoms with Crippen LogP contribution in [0.1, 0.15) is 46.5 Å². The molecule has 1 aliphatic carbocycles. The predicted molar refractivity (Wildman–Crippen MR) is 46.3 cm³/mol. The first-order valence-electron chi connectivity index (χ1n) is 4.73. The van der Waals surface area contributed by atoms with E-state index in [0.717, 1.165) is 19.3 Å². The normalized spacial score (nSPS) is 39.5. The molecule has 2 unspecified atom stereocenters. The number of rotatable bonds is 1. The van der Waals surface area contributed by atoms with Crippen LogP contribution < -0.4 is 0 Å². The molecule has 0 bridgehead atoms. The molecule has 1 heteroatoms. The van der Waals surface area contributed by atoms with Crippen molar-refractivity contribution in [2.45, 2.75) is 52.1 Å². The molecule has 66 valence electrons. The predicted octanol–water partition coefficient (Wildman–Crippen LogP) is 3.56. The van der Waals surface area contributed by atoms with Gasteiger partial charge < -0.3 is 0 Å². The van der Waals surface area contributed by atoms with Crippen LogP contribution in [-0.2, 0) is 0 Å². The lowest BCUT2D eigenvalue weighted by Crippen LogP contribution is -2.36. The standard InChI is InChI=1S/C10H19F/c1-8(2)9-6-4-5-7-10(9,3)11/h8-9H,4-7H2,1-3H3. The van der Waals surface area contributed by atoms with Gasteiger partial charge in [-0.1, -0.05) is 26.7 Å². The van der Waals surface area contributed by atoms with Gasteiger partial charge >= 0.3 is 0 Å². The van der Waals surface area contributed by atoms with Crippen molar-refractivity contribution in [2.24, 2.45) is 11.8 Å². The highest BCUT2D eigenvalue weighted by atomic mass is 19.1. The highest BCUT2D eigenvalue weighted by Gasteiger charge is 2.37. The van der Waals surface area contributed by atoms with Gasteiger partial charge in [0, 0.05) is 0 Å². The molecule has 1 aliphatic rings. The van der Waals surface area contributed by atoms with Crippen LogP contribution in [0.4, 0.5) is 4.39 Å². The summed E-state index contributed by atoms with van der Waals surface area (Å²) < 4.78 is 13.8. The number of hydrogen-bond acceptors (Lipinski definition) is 0. The minimum absolute atomic E-state index is 0.302. The van der Waals surface area contributed by atoms with Gasteiger partial charge in [-0.2, -0.15) is 0 Å². The summed E-state index contributed by atoms with van der Waals surface area (Å²) >= 11 is 0. The van der Waals surface area contributed by atoms with Crippen molar-refractivity contribution in [3.05, 3.63) is 0 Å². The zero-order valence-electron chi connectivity index (χ0n) is 7.86. The summed E-state index contributed by atoms with van der Waals surface area (Å²) in [5.41, 5.74) is -0.883. The van der Waals surface area contributed by atoms with Crippen LogP contribution in [0.5, 0.6) is 0 Å². The Morgan fingerprint density at radius 2 is 2.00 bits per heavy atom. The number of hydrogen-bond donors (Lipinski definition) is 0. The van der Waals surface area contributed by atoms with Crippen LogP contribution in [0.2, 0.25) is 0 Å². The van der Waals surface area contributed by atoms with E-state index in [1.165, 1.54) is 6.42 Å². The Morgan fingerprint density at radius 1 is 1.36 bits per heavy atom. The third-order valence-electron chi connectivity index (χ3n) is 3.01. The Hall–Kier alpha value is -0.0700. The van der Waals surface area contributed by atoms with Crippen molar-refractivity contribution < 1.29 is 4.39 Å². The topological polar surface area (TPSA) is 0 Å². The van der Waals surface area contributed by atoms with Crippen LogP contribution in [0, 0.1) is 11.8 Å². The fourth-order valence-electron chi connectivity index (χ4n) is 2.35. The molecule has 1 fully saturated rings. The van der Waals surface area contributed by atoms with E-state index in [1.54, 1.807) is 6.92 Å². The average Bonchev–Trinajstić information content (AvgIpc) is 1.85. The molecule has 0 heterocycles. The quantitative estimate of drug-likeness (QED) is 0.547. The molecule has 1 saturated carbocycles. The van der Waals surface area contributed by atoms with Crippen molar-refractivity contribution in [3.8, 4) is 0 Å². The van der Waals surface area contributed by atoms with Gasteiger partial charge in [-0.25, -0.2) is 4.39 Å². The van der Waals surface area contributed by atoms with E-state index < -0.39 is 5.67 Å². The molecule has 0 N–H and O–H groups in total. The SMILES string of the molecule is CC(C)C1CCCCC1(C)F. The van der Waals surface area contributed by atoms with Crippen LogP contribution in [0.15, 0.2) is 0 Å². The van der Waals surface area contributed by atoms with E-state index in [1.807, 2.05) is 0 Å². The first-order valence-corrected chi connectivity index (χ1v) is 4.73. The van der Waals surface area contributed by atoms with Crippen LogP contribution >= 0.6 is 0 Å². The summed E-state index contributed by atoms with van der Waals surface area (Å²) in [5.74, 6) is 0.807. The minimum Gasteiger partial charge on any atom is -0.244 e. The van der Waals surface area contributed by atoms with Crippen molar-refractivity contribution in [3.63, 3.8) is 0 Å². The molecule has 0 aromatic carbocycles. The minimum atomic E-state index is -0.883. The molecule has 0 aromatic heterocycles. The highest BCUT2D eigenvalue weighted by molar-refractivity contribution is 4.87. The Labute approximate surface area is 69.2 Å². The molecule has 0 nitrogen and oxygen atoms in total. The summed E-state index contributed by atoms with van der Waals surface area (Å²) in [6, 6.07) is 0. The second-order valence-corrected chi connectivity index (χ2v) is 4.37. The molecular formula is C10H19F. The van der Waals surface area contributed by atoms with Gasteiger partial charge in [0.1, 0.15) is 5.67 Å². The molecule has 0 aromatic rings. The number of alkyl halides is 1. The molecule has 0 saturated heterocycles. The third-order valence-corrected chi connectivity index (χ3v) is 3.01. The largest absolute Gasteiger partial charge is 0.244 e. The molecule has 0 amide bonds. The van der Waals surface area contributed by atoms with Gasteiger partial charge in [0.15, 0.2) is 0 Å². The molecule has 1 rings (SSSR count). The van der Waals surface area contributed by atoms with E-state index >= 15 is 0 Å². The van der Waals surface area contributed by atoms with Crippen molar-refractivity contribution in [2.75, 3.05) is 0 Å².